The van der Waals surface area contributed by atoms with Crippen LogP contribution in [0.1, 0.15) is 13.3 Å². The quantitative estimate of drug-likeness (QED) is 0.746. The summed E-state index contributed by atoms with van der Waals surface area (Å²) < 4.78 is 5.22. The summed E-state index contributed by atoms with van der Waals surface area (Å²) in [6, 6.07) is -0.439. The summed E-state index contributed by atoms with van der Waals surface area (Å²) in [5, 5.41) is 9.18. The van der Waals surface area contributed by atoms with Crippen molar-refractivity contribution in [2.24, 2.45) is 11.8 Å². The predicted molar refractivity (Wildman–Crippen MR) is 68.9 cm³/mol. The highest BCUT2D eigenvalue weighted by atomic mass is 16.5. The lowest BCUT2D eigenvalue weighted by atomic mass is 9.99. The van der Waals surface area contributed by atoms with Gasteiger partial charge in [0.15, 0.2) is 0 Å². The van der Waals surface area contributed by atoms with Crippen molar-refractivity contribution in [1.29, 1.82) is 0 Å². The smallest absolute Gasteiger partial charge is 0.311 e. The zero-order valence-corrected chi connectivity index (χ0v) is 11.7. The van der Waals surface area contributed by atoms with E-state index in [9.17, 15) is 19.5 Å². The second-order valence-electron chi connectivity index (χ2n) is 5.35. The van der Waals surface area contributed by atoms with Crippen LogP contribution < -0.4 is 0 Å². The Morgan fingerprint density at radius 1 is 1.45 bits per heavy atom. The van der Waals surface area contributed by atoms with Crippen LogP contribution in [0.15, 0.2) is 0 Å². The van der Waals surface area contributed by atoms with E-state index in [1.54, 1.807) is 11.9 Å². The first-order valence-corrected chi connectivity index (χ1v) is 6.80. The van der Waals surface area contributed by atoms with Crippen molar-refractivity contribution in [1.82, 2.24) is 9.80 Å². The molecule has 0 aromatic carbocycles. The van der Waals surface area contributed by atoms with E-state index in [2.05, 4.69) is 0 Å². The number of nitrogens with zero attached hydrogens (tertiary/aromatic N) is 2. The molecular weight excluding hydrogens is 264 g/mol. The summed E-state index contributed by atoms with van der Waals surface area (Å²) in [7, 11) is 1.67. The second-order valence-corrected chi connectivity index (χ2v) is 5.35. The fourth-order valence-corrected chi connectivity index (χ4v) is 2.90. The minimum absolute atomic E-state index is 0.0446. The molecule has 1 N–H and O–H groups in total. The van der Waals surface area contributed by atoms with Crippen molar-refractivity contribution in [3.63, 3.8) is 0 Å². The molecule has 0 aromatic heterocycles. The fourth-order valence-electron chi connectivity index (χ4n) is 2.90. The van der Waals surface area contributed by atoms with Crippen molar-refractivity contribution in [3.8, 4) is 0 Å². The first-order chi connectivity index (χ1) is 9.45. The maximum Gasteiger partial charge on any atom is 0.311 e. The number of likely N-dealkylation sites (N-methyl/N-ethyl adjacent to an activating group) is 1. The summed E-state index contributed by atoms with van der Waals surface area (Å²) >= 11 is 0. The van der Waals surface area contributed by atoms with E-state index in [-0.39, 0.29) is 37.4 Å². The molecule has 7 nitrogen and oxygen atoms in total. The molecule has 0 spiro atoms. The molecular formula is C13H20N2O5. The van der Waals surface area contributed by atoms with Gasteiger partial charge in [-0.3, -0.25) is 14.4 Å². The van der Waals surface area contributed by atoms with Crippen molar-refractivity contribution in [2.45, 2.75) is 19.4 Å². The van der Waals surface area contributed by atoms with Crippen molar-refractivity contribution < 1.29 is 24.2 Å². The molecule has 112 valence electrons. The minimum Gasteiger partial charge on any atom is -0.481 e. The Morgan fingerprint density at radius 2 is 2.15 bits per heavy atom. The van der Waals surface area contributed by atoms with Crippen molar-refractivity contribution >= 4 is 17.8 Å². The molecule has 3 unspecified atom stereocenters. The molecule has 2 aliphatic rings. The number of aliphatic carboxylic acids is 1. The molecule has 0 aliphatic carbocycles. The molecule has 2 amide bonds. The third-order valence-electron chi connectivity index (χ3n) is 4.08. The fraction of sp³-hybridized carbons (Fsp3) is 0.769. The van der Waals surface area contributed by atoms with E-state index in [0.29, 0.717) is 13.1 Å². The summed E-state index contributed by atoms with van der Waals surface area (Å²) in [6.45, 7) is 3.01. The van der Waals surface area contributed by atoms with Crippen LogP contribution in [0, 0.1) is 11.8 Å². The Morgan fingerprint density at radius 3 is 2.65 bits per heavy atom. The number of carboxylic acid groups (broad SMARTS) is 1. The average Bonchev–Trinajstić information content (AvgIpc) is 2.98. The first kappa shape index (κ1) is 14.8. The predicted octanol–water partition coefficient (Wildman–Crippen LogP) is -0.587. The van der Waals surface area contributed by atoms with Crippen molar-refractivity contribution in [3.05, 3.63) is 0 Å². The molecule has 0 aromatic rings. The maximum atomic E-state index is 12.5. The lowest BCUT2D eigenvalue weighted by Gasteiger charge is -2.31. The Bertz CT molecular complexity index is 425. The van der Waals surface area contributed by atoms with E-state index in [1.807, 2.05) is 6.92 Å². The molecule has 2 fully saturated rings. The minimum atomic E-state index is -0.946. The van der Waals surface area contributed by atoms with Gasteiger partial charge in [0.2, 0.25) is 11.8 Å². The molecule has 20 heavy (non-hydrogen) atoms. The average molecular weight is 284 g/mol. The van der Waals surface area contributed by atoms with Gasteiger partial charge in [0, 0.05) is 26.6 Å². The van der Waals surface area contributed by atoms with Gasteiger partial charge >= 0.3 is 5.97 Å². The maximum absolute atomic E-state index is 12.5. The lowest BCUT2D eigenvalue weighted by Crippen LogP contribution is -2.49. The van der Waals surface area contributed by atoms with Crippen LogP contribution in [0.4, 0.5) is 0 Å². The number of hydrogen-bond donors (Lipinski definition) is 1. The highest BCUT2D eigenvalue weighted by molar-refractivity contribution is 5.89. The standard InChI is InChI=1S/C13H20N2O5/c1-3-15(10-7-20-6-9(10)13(18)19)12(17)8-4-11(16)14(2)5-8/h8-10H,3-7H2,1-2H3,(H,18,19). The largest absolute Gasteiger partial charge is 0.481 e. The van der Waals surface area contributed by atoms with Crippen LogP contribution in [0.25, 0.3) is 0 Å². The van der Waals surface area contributed by atoms with Crippen LogP contribution in [0.3, 0.4) is 0 Å². The van der Waals surface area contributed by atoms with E-state index >= 15 is 0 Å². The highest BCUT2D eigenvalue weighted by Crippen LogP contribution is 2.25. The number of ether oxygens (including phenoxy) is 1. The number of rotatable bonds is 4. The summed E-state index contributed by atoms with van der Waals surface area (Å²) in [6.07, 6.45) is 0.206. The van der Waals surface area contributed by atoms with Crippen LogP contribution in [-0.2, 0) is 19.1 Å². The molecule has 0 saturated carbocycles. The molecule has 0 radical (unpaired) electrons. The van der Waals surface area contributed by atoms with Gasteiger partial charge in [-0.25, -0.2) is 0 Å². The van der Waals surface area contributed by atoms with Gasteiger partial charge in [-0.15, -0.1) is 0 Å². The van der Waals surface area contributed by atoms with Crippen LogP contribution >= 0.6 is 0 Å². The summed E-state index contributed by atoms with van der Waals surface area (Å²) in [5.74, 6) is -2.20. The van der Waals surface area contributed by atoms with Crippen LogP contribution in [0.5, 0.6) is 0 Å². The number of hydrogen-bond acceptors (Lipinski definition) is 4. The van der Waals surface area contributed by atoms with Gasteiger partial charge < -0.3 is 19.6 Å². The van der Waals surface area contributed by atoms with Gasteiger partial charge in [-0.2, -0.15) is 0 Å². The number of carboxylic acids is 1. The zero-order chi connectivity index (χ0) is 14.9. The van der Waals surface area contributed by atoms with E-state index in [0.717, 1.165) is 0 Å². The number of amides is 2. The van der Waals surface area contributed by atoms with E-state index in [1.165, 1.54) is 4.90 Å². The monoisotopic (exact) mass is 284 g/mol. The van der Waals surface area contributed by atoms with Gasteiger partial charge in [0.25, 0.3) is 0 Å². The van der Waals surface area contributed by atoms with Gasteiger partial charge in [-0.1, -0.05) is 0 Å². The molecule has 2 aliphatic heterocycles. The Kier molecular flexibility index (Phi) is 4.27. The van der Waals surface area contributed by atoms with Crippen molar-refractivity contribution in [2.75, 3.05) is 33.4 Å². The van der Waals surface area contributed by atoms with E-state index < -0.39 is 17.9 Å². The van der Waals surface area contributed by atoms with Gasteiger partial charge in [0.05, 0.1) is 25.2 Å². The lowest BCUT2D eigenvalue weighted by molar-refractivity contribution is -0.146. The highest BCUT2D eigenvalue weighted by Gasteiger charge is 2.42. The molecule has 2 rings (SSSR count). The summed E-state index contributed by atoms with van der Waals surface area (Å²) in [5.41, 5.74) is 0. The van der Waals surface area contributed by atoms with E-state index in [4.69, 9.17) is 4.74 Å². The second kappa shape index (κ2) is 5.78. The third-order valence-corrected chi connectivity index (χ3v) is 4.08. The molecule has 0 bridgehead atoms. The first-order valence-electron chi connectivity index (χ1n) is 6.80. The number of carbonyl (C=O) groups is 3. The van der Waals surface area contributed by atoms with Crippen LogP contribution in [-0.4, -0.2) is 72.1 Å². The molecule has 2 heterocycles. The Balaban J connectivity index is 2.10. The topological polar surface area (TPSA) is 87.2 Å². The number of likely N-dealkylation sites (tertiary alicyclic amines) is 1. The van der Waals surface area contributed by atoms with Gasteiger partial charge in [-0.05, 0) is 6.92 Å². The molecule has 3 atom stereocenters. The number of carbonyl (C=O) groups excluding carboxylic acids is 2. The normalized spacial score (nSPS) is 29.8. The molecule has 7 heteroatoms. The van der Waals surface area contributed by atoms with Gasteiger partial charge in [0.1, 0.15) is 5.92 Å². The molecule has 2 saturated heterocycles. The SMILES string of the molecule is CCN(C(=O)C1CC(=O)N(C)C1)C1COCC1C(=O)O. The zero-order valence-electron chi connectivity index (χ0n) is 11.7. The Labute approximate surface area is 117 Å². The van der Waals surface area contributed by atoms with Crippen LogP contribution in [0.2, 0.25) is 0 Å². The third kappa shape index (κ3) is 2.63. The Hall–Kier alpha value is -1.63. The summed E-state index contributed by atoms with van der Waals surface area (Å²) in [4.78, 5) is 38.3.